The van der Waals surface area contributed by atoms with Crippen molar-refractivity contribution in [2.24, 2.45) is 5.73 Å². The van der Waals surface area contributed by atoms with Crippen molar-refractivity contribution in [3.63, 3.8) is 0 Å². The highest BCUT2D eigenvalue weighted by Crippen LogP contribution is 2.27. The van der Waals surface area contributed by atoms with Gasteiger partial charge in [0.2, 0.25) is 0 Å². The van der Waals surface area contributed by atoms with Crippen LogP contribution in [0.3, 0.4) is 0 Å². The molecule has 1 atom stereocenters. The van der Waals surface area contributed by atoms with E-state index >= 15 is 0 Å². The Labute approximate surface area is 115 Å². The van der Waals surface area contributed by atoms with Crippen molar-refractivity contribution < 1.29 is 0 Å². The molecule has 0 aliphatic heterocycles. The molecule has 0 spiro atoms. The Kier molecular flexibility index (Phi) is 3.23. The standard InChI is InChI=1S/C14H14N4S/c1-10(15)11-5-7-12(8-6-11)19-14-17-16-13-4-2-3-9-18(13)14/h2-10H,15H2,1H3/t10-/m1/s1. The van der Waals surface area contributed by atoms with Crippen LogP contribution in [0, 0.1) is 0 Å². The summed E-state index contributed by atoms with van der Waals surface area (Å²) in [5, 5.41) is 9.20. The minimum Gasteiger partial charge on any atom is -0.324 e. The smallest absolute Gasteiger partial charge is 0.200 e. The molecule has 0 radical (unpaired) electrons. The minimum atomic E-state index is 0.0629. The fraction of sp³-hybridized carbons (Fsp3) is 0.143. The van der Waals surface area contributed by atoms with Crippen molar-refractivity contribution in [3.8, 4) is 0 Å². The third kappa shape index (κ3) is 2.47. The summed E-state index contributed by atoms with van der Waals surface area (Å²) in [6, 6.07) is 14.2. The maximum absolute atomic E-state index is 5.84. The van der Waals surface area contributed by atoms with Gasteiger partial charge in [0.1, 0.15) is 0 Å². The van der Waals surface area contributed by atoms with Crippen molar-refractivity contribution in [1.29, 1.82) is 0 Å². The highest BCUT2D eigenvalue weighted by Gasteiger charge is 2.07. The Morgan fingerprint density at radius 3 is 2.63 bits per heavy atom. The Morgan fingerprint density at radius 1 is 1.11 bits per heavy atom. The maximum atomic E-state index is 5.84. The molecule has 0 unspecified atom stereocenters. The number of rotatable bonds is 3. The molecule has 0 bridgehead atoms. The molecule has 0 amide bonds. The van der Waals surface area contributed by atoms with E-state index in [1.165, 1.54) is 0 Å². The summed E-state index contributed by atoms with van der Waals surface area (Å²) in [6.07, 6.45) is 1.97. The summed E-state index contributed by atoms with van der Waals surface area (Å²) in [5.74, 6) is 0. The number of aromatic nitrogens is 3. The fourth-order valence-electron chi connectivity index (χ4n) is 1.83. The first-order chi connectivity index (χ1) is 9.24. The van der Waals surface area contributed by atoms with Gasteiger partial charge in [-0.15, -0.1) is 10.2 Å². The number of fused-ring (bicyclic) bond motifs is 1. The van der Waals surface area contributed by atoms with Crippen LogP contribution in [0.5, 0.6) is 0 Å². The monoisotopic (exact) mass is 270 g/mol. The Morgan fingerprint density at radius 2 is 1.89 bits per heavy atom. The summed E-state index contributed by atoms with van der Waals surface area (Å²) in [4.78, 5) is 1.13. The van der Waals surface area contributed by atoms with Crippen LogP contribution in [0.2, 0.25) is 0 Å². The van der Waals surface area contributed by atoms with E-state index in [9.17, 15) is 0 Å². The molecule has 3 rings (SSSR count). The van der Waals surface area contributed by atoms with Crippen molar-refractivity contribution in [1.82, 2.24) is 14.6 Å². The van der Waals surface area contributed by atoms with Crippen molar-refractivity contribution in [2.75, 3.05) is 0 Å². The molecule has 19 heavy (non-hydrogen) atoms. The van der Waals surface area contributed by atoms with Gasteiger partial charge in [-0.1, -0.05) is 18.2 Å². The second-order valence-electron chi connectivity index (χ2n) is 4.37. The lowest BCUT2D eigenvalue weighted by Crippen LogP contribution is -2.04. The molecule has 3 aromatic rings. The summed E-state index contributed by atoms with van der Waals surface area (Å²) in [5.41, 5.74) is 7.83. The van der Waals surface area contributed by atoms with E-state index in [-0.39, 0.29) is 6.04 Å². The molecule has 0 aliphatic rings. The van der Waals surface area contributed by atoms with E-state index in [0.717, 1.165) is 21.3 Å². The second-order valence-corrected chi connectivity index (χ2v) is 5.41. The Bertz CT molecular complexity index is 688. The average molecular weight is 270 g/mol. The molecule has 1 aromatic carbocycles. The molecular weight excluding hydrogens is 256 g/mol. The number of pyridine rings is 1. The first-order valence-electron chi connectivity index (χ1n) is 6.07. The molecule has 0 saturated heterocycles. The second kappa shape index (κ2) is 5.03. The van der Waals surface area contributed by atoms with Crippen molar-refractivity contribution in [3.05, 3.63) is 54.2 Å². The van der Waals surface area contributed by atoms with Crippen LogP contribution >= 0.6 is 11.8 Å². The number of nitrogens with two attached hydrogens (primary N) is 1. The Hall–Kier alpha value is -1.85. The molecular formula is C14H14N4S. The van der Waals surface area contributed by atoms with Crippen LogP contribution < -0.4 is 5.73 Å². The van der Waals surface area contributed by atoms with Gasteiger partial charge in [-0.2, -0.15) is 0 Å². The first kappa shape index (κ1) is 12.2. The predicted molar refractivity (Wildman–Crippen MR) is 76.2 cm³/mol. The van der Waals surface area contributed by atoms with Crippen molar-refractivity contribution >= 4 is 17.4 Å². The zero-order valence-corrected chi connectivity index (χ0v) is 11.3. The number of hydrogen-bond donors (Lipinski definition) is 1. The van der Waals surface area contributed by atoms with Gasteiger partial charge in [-0.05, 0) is 48.5 Å². The molecule has 2 aromatic heterocycles. The number of nitrogens with zero attached hydrogens (tertiary/aromatic N) is 3. The molecule has 0 saturated carbocycles. The van der Waals surface area contributed by atoms with Gasteiger partial charge in [0, 0.05) is 17.1 Å². The van der Waals surface area contributed by atoms with E-state index in [0.29, 0.717) is 0 Å². The van der Waals surface area contributed by atoms with Gasteiger partial charge in [0.25, 0.3) is 0 Å². The molecule has 96 valence electrons. The van der Waals surface area contributed by atoms with E-state index in [1.54, 1.807) is 11.8 Å². The van der Waals surface area contributed by atoms with Crippen LogP contribution in [-0.2, 0) is 0 Å². The van der Waals surface area contributed by atoms with E-state index < -0.39 is 0 Å². The van der Waals surface area contributed by atoms with Gasteiger partial charge in [-0.25, -0.2) is 0 Å². The number of hydrogen-bond acceptors (Lipinski definition) is 4. The third-order valence-electron chi connectivity index (χ3n) is 2.90. The molecule has 2 heterocycles. The summed E-state index contributed by atoms with van der Waals surface area (Å²) in [6.45, 7) is 1.98. The van der Waals surface area contributed by atoms with Crippen molar-refractivity contribution in [2.45, 2.75) is 23.0 Å². The summed E-state index contributed by atoms with van der Waals surface area (Å²) in [7, 11) is 0. The topological polar surface area (TPSA) is 56.2 Å². The largest absolute Gasteiger partial charge is 0.324 e. The van der Waals surface area contributed by atoms with Gasteiger partial charge >= 0.3 is 0 Å². The minimum absolute atomic E-state index is 0.0629. The van der Waals surface area contributed by atoms with Crippen LogP contribution in [0.15, 0.2) is 58.7 Å². The van der Waals surface area contributed by atoms with Gasteiger partial charge in [0.05, 0.1) is 0 Å². The zero-order chi connectivity index (χ0) is 13.2. The first-order valence-corrected chi connectivity index (χ1v) is 6.89. The fourth-order valence-corrected chi connectivity index (χ4v) is 2.65. The highest BCUT2D eigenvalue weighted by molar-refractivity contribution is 7.99. The SMILES string of the molecule is C[C@@H](N)c1ccc(Sc2nnc3ccccn23)cc1. The third-order valence-corrected chi connectivity index (χ3v) is 3.87. The lowest BCUT2D eigenvalue weighted by Gasteiger charge is -2.06. The van der Waals surface area contributed by atoms with Gasteiger partial charge in [0.15, 0.2) is 10.8 Å². The molecule has 2 N–H and O–H groups in total. The highest BCUT2D eigenvalue weighted by atomic mass is 32.2. The average Bonchev–Trinajstić information content (AvgIpc) is 2.83. The maximum Gasteiger partial charge on any atom is 0.200 e. The van der Waals surface area contributed by atoms with E-state index in [2.05, 4.69) is 34.5 Å². The van der Waals surface area contributed by atoms with Crippen LogP contribution in [0.25, 0.3) is 5.65 Å². The summed E-state index contributed by atoms with van der Waals surface area (Å²) < 4.78 is 1.98. The van der Waals surface area contributed by atoms with E-state index in [4.69, 9.17) is 5.73 Å². The van der Waals surface area contributed by atoms with Crippen LogP contribution in [0.4, 0.5) is 0 Å². The lowest BCUT2D eigenvalue weighted by atomic mass is 10.1. The van der Waals surface area contributed by atoms with Crippen LogP contribution in [-0.4, -0.2) is 14.6 Å². The molecule has 0 aliphatic carbocycles. The Balaban J connectivity index is 1.88. The van der Waals surface area contributed by atoms with Crippen LogP contribution in [0.1, 0.15) is 18.5 Å². The van der Waals surface area contributed by atoms with Gasteiger partial charge in [-0.3, -0.25) is 4.40 Å². The quantitative estimate of drug-likeness (QED) is 0.795. The number of benzene rings is 1. The predicted octanol–water partition coefficient (Wildman–Crippen LogP) is 2.90. The molecule has 5 heteroatoms. The molecule has 4 nitrogen and oxygen atoms in total. The summed E-state index contributed by atoms with van der Waals surface area (Å²) >= 11 is 1.59. The zero-order valence-electron chi connectivity index (χ0n) is 10.5. The molecule has 0 fully saturated rings. The van der Waals surface area contributed by atoms with E-state index in [1.807, 2.05) is 35.7 Å². The lowest BCUT2D eigenvalue weighted by molar-refractivity contribution is 0.817. The van der Waals surface area contributed by atoms with Gasteiger partial charge < -0.3 is 5.73 Å². The normalized spacial score (nSPS) is 12.7.